The summed E-state index contributed by atoms with van der Waals surface area (Å²) in [6.07, 6.45) is 10.3. The van der Waals surface area contributed by atoms with Crippen molar-refractivity contribution in [1.82, 2.24) is 0 Å². The van der Waals surface area contributed by atoms with Crippen molar-refractivity contribution in [3.05, 3.63) is 0 Å². The highest BCUT2D eigenvalue weighted by atomic mass is 32.2. The SMILES string of the molecule is COC(=O)CC(C(=O)O)C1CCOC2(CCC2)C1.CS(=O)(=O)OC1CCOC2(CCC2)C1. The van der Waals surface area contributed by atoms with E-state index in [1.165, 1.54) is 13.5 Å². The van der Waals surface area contributed by atoms with Crippen LogP contribution in [0.4, 0.5) is 0 Å². The molecule has 2 saturated heterocycles. The molecule has 0 radical (unpaired) electrons. The number of hydrogen-bond acceptors (Lipinski definition) is 8. The smallest absolute Gasteiger partial charge is 0.307 e. The van der Waals surface area contributed by atoms with Gasteiger partial charge >= 0.3 is 11.9 Å². The first-order valence-corrected chi connectivity index (χ1v) is 13.3. The van der Waals surface area contributed by atoms with Gasteiger partial charge in [-0.25, -0.2) is 0 Å². The van der Waals surface area contributed by atoms with Crippen molar-refractivity contribution in [3.63, 3.8) is 0 Å². The summed E-state index contributed by atoms with van der Waals surface area (Å²) in [5.41, 5.74) is -0.139. The Bertz CT molecular complexity index is 770. The maximum atomic E-state index is 11.3. The second-order valence-electron chi connectivity index (χ2n) is 9.66. The fourth-order valence-corrected chi connectivity index (χ4v) is 5.94. The number of carboxylic acids is 1. The third-order valence-corrected chi connectivity index (χ3v) is 7.94. The summed E-state index contributed by atoms with van der Waals surface area (Å²) in [6, 6.07) is 0. The summed E-state index contributed by atoms with van der Waals surface area (Å²) in [5, 5.41) is 9.28. The summed E-state index contributed by atoms with van der Waals surface area (Å²) >= 11 is 0. The quantitative estimate of drug-likeness (QED) is 0.455. The lowest BCUT2D eigenvalue weighted by Crippen LogP contribution is -2.48. The van der Waals surface area contributed by atoms with E-state index < -0.39 is 28.0 Å². The average molecular weight is 477 g/mol. The Morgan fingerprint density at radius 1 is 1.03 bits per heavy atom. The molecule has 2 aliphatic carbocycles. The van der Waals surface area contributed by atoms with Crippen molar-refractivity contribution < 1.29 is 41.5 Å². The summed E-state index contributed by atoms with van der Waals surface area (Å²) in [6.45, 7) is 1.23. The lowest BCUT2D eigenvalue weighted by Gasteiger charge is -2.48. The molecule has 4 rings (SSSR count). The van der Waals surface area contributed by atoms with Gasteiger partial charge in [-0.05, 0) is 63.7 Å². The van der Waals surface area contributed by atoms with E-state index in [9.17, 15) is 23.1 Å². The zero-order valence-electron chi connectivity index (χ0n) is 19.0. The largest absolute Gasteiger partial charge is 0.481 e. The van der Waals surface area contributed by atoms with E-state index in [4.69, 9.17) is 13.7 Å². The van der Waals surface area contributed by atoms with Crippen LogP contribution in [0.3, 0.4) is 0 Å². The van der Waals surface area contributed by atoms with Crippen molar-refractivity contribution in [1.29, 1.82) is 0 Å². The molecule has 0 bridgehead atoms. The molecular weight excluding hydrogens is 440 g/mol. The van der Waals surface area contributed by atoms with Gasteiger partial charge in [-0.3, -0.25) is 13.8 Å². The van der Waals surface area contributed by atoms with Crippen LogP contribution < -0.4 is 0 Å². The van der Waals surface area contributed by atoms with Gasteiger partial charge in [0.1, 0.15) is 0 Å². The molecule has 9 nitrogen and oxygen atoms in total. The second-order valence-corrected chi connectivity index (χ2v) is 11.3. The molecule has 0 amide bonds. The molecule has 0 aromatic carbocycles. The number of carbonyl (C=O) groups excluding carboxylic acids is 1. The highest BCUT2D eigenvalue weighted by Gasteiger charge is 2.46. The Kier molecular flexibility index (Phi) is 8.22. The minimum absolute atomic E-state index is 0.0237. The van der Waals surface area contributed by atoms with E-state index in [1.807, 2.05) is 0 Å². The lowest BCUT2D eigenvalue weighted by atomic mass is 9.68. The molecule has 184 valence electrons. The molecule has 10 heteroatoms. The monoisotopic (exact) mass is 476 g/mol. The molecule has 4 aliphatic rings. The second kappa shape index (κ2) is 10.4. The fraction of sp³-hybridized carbons (Fsp3) is 0.909. The van der Waals surface area contributed by atoms with E-state index in [1.54, 1.807) is 0 Å². The zero-order chi connectivity index (χ0) is 23.4. The molecular formula is C22H36O9S. The predicted molar refractivity (Wildman–Crippen MR) is 115 cm³/mol. The van der Waals surface area contributed by atoms with Gasteiger partial charge in [-0.15, -0.1) is 0 Å². The van der Waals surface area contributed by atoms with E-state index in [0.717, 1.165) is 57.6 Å². The van der Waals surface area contributed by atoms with Crippen molar-refractivity contribution in [2.45, 2.75) is 87.9 Å². The van der Waals surface area contributed by atoms with Crippen LogP contribution in [-0.2, 0) is 38.1 Å². The maximum Gasteiger partial charge on any atom is 0.307 e. The first kappa shape index (κ1) is 25.4. The van der Waals surface area contributed by atoms with Gasteiger partial charge in [0.25, 0.3) is 10.1 Å². The van der Waals surface area contributed by atoms with Gasteiger partial charge in [-0.2, -0.15) is 8.42 Å². The molecule has 3 atom stereocenters. The zero-order valence-corrected chi connectivity index (χ0v) is 19.9. The normalized spacial score (nSPS) is 29.1. The predicted octanol–water partition coefficient (Wildman–Crippen LogP) is 2.66. The molecule has 0 aromatic rings. The molecule has 0 aromatic heterocycles. The van der Waals surface area contributed by atoms with Crippen LogP contribution in [0.1, 0.15) is 70.6 Å². The van der Waals surface area contributed by atoms with Crippen molar-refractivity contribution in [3.8, 4) is 0 Å². The topological polar surface area (TPSA) is 125 Å². The molecule has 2 aliphatic heterocycles. The number of carboxylic acid groups (broad SMARTS) is 1. The van der Waals surface area contributed by atoms with E-state index in [-0.39, 0.29) is 29.6 Å². The van der Waals surface area contributed by atoms with E-state index in [2.05, 4.69) is 4.74 Å². The van der Waals surface area contributed by atoms with Crippen LogP contribution in [0.5, 0.6) is 0 Å². The Hall–Kier alpha value is -1.23. The molecule has 2 spiro atoms. The first-order chi connectivity index (χ1) is 15.1. The average Bonchev–Trinajstić information content (AvgIpc) is 2.68. The van der Waals surface area contributed by atoms with Crippen LogP contribution in [0.2, 0.25) is 0 Å². The third kappa shape index (κ3) is 6.65. The molecule has 3 unspecified atom stereocenters. The highest BCUT2D eigenvalue weighted by Crippen LogP contribution is 2.46. The van der Waals surface area contributed by atoms with Gasteiger partial charge in [0.05, 0.1) is 43.0 Å². The molecule has 2 saturated carbocycles. The Morgan fingerprint density at radius 3 is 2.06 bits per heavy atom. The number of carbonyl (C=O) groups is 2. The fourth-order valence-electron chi connectivity index (χ4n) is 5.28. The molecule has 1 N–H and O–H groups in total. The number of rotatable bonds is 6. The summed E-state index contributed by atoms with van der Waals surface area (Å²) in [4.78, 5) is 22.6. The van der Waals surface area contributed by atoms with Gasteiger partial charge < -0.3 is 19.3 Å². The Balaban J connectivity index is 0.000000186. The van der Waals surface area contributed by atoms with Gasteiger partial charge in [-0.1, -0.05) is 0 Å². The van der Waals surface area contributed by atoms with Crippen LogP contribution in [0.15, 0.2) is 0 Å². The molecule has 4 fully saturated rings. The van der Waals surface area contributed by atoms with Crippen LogP contribution in [0, 0.1) is 11.8 Å². The van der Waals surface area contributed by atoms with Crippen LogP contribution in [0.25, 0.3) is 0 Å². The van der Waals surface area contributed by atoms with Gasteiger partial charge in [0.15, 0.2) is 0 Å². The van der Waals surface area contributed by atoms with Crippen molar-refractivity contribution >= 4 is 22.1 Å². The Labute approximate surface area is 190 Å². The van der Waals surface area contributed by atoms with Crippen molar-refractivity contribution in [2.24, 2.45) is 11.8 Å². The van der Waals surface area contributed by atoms with Crippen LogP contribution >= 0.6 is 0 Å². The van der Waals surface area contributed by atoms with E-state index >= 15 is 0 Å². The number of hydrogen-bond donors (Lipinski definition) is 1. The van der Waals surface area contributed by atoms with Crippen molar-refractivity contribution in [2.75, 3.05) is 26.6 Å². The first-order valence-electron chi connectivity index (χ1n) is 11.5. The summed E-state index contributed by atoms with van der Waals surface area (Å²) in [5.74, 6) is -1.97. The van der Waals surface area contributed by atoms with Crippen LogP contribution in [-0.4, -0.2) is 69.3 Å². The minimum atomic E-state index is -3.31. The molecule has 2 heterocycles. The number of aliphatic carboxylic acids is 1. The summed E-state index contributed by atoms with van der Waals surface area (Å²) in [7, 11) is -2.02. The minimum Gasteiger partial charge on any atom is -0.481 e. The third-order valence-electron chi connectivity index (χ3n) is 7.32. The number of ether oxygens (including phenoxy) is 3. The number of methoxy groups -OCH3 is 1. The summed E-state index contributed by atoms with van der Waals surface area (Å²) < 4.78 is 42.9. The molecule has 32 heavy (non-hydrogen) atoms. The van der Waals surface area contributed by atoms with Gasteiger partial charge in [0, 0.05) is 19.6 Å². The highest BCUT2D eigenvalue weighted by molar-refractivity contribution is 7.86. The standard InChI is InChI=1S/C13H20O5.C9H16O4S/c1-17-11(14)7-10(12(15)16)9-3-6-18-13(8-9)4-2-5-13;1-14(10,11)13-8-3-6-12-9(7-8)4-2-5-9/h9-10H,2-8H2,1H3,(H,15,16);8H,2-7H2,1H3. The van der Waals surface area contributed by atoms with E-state index in [0.29, 0.717) is 19.6 Å². The Morgan fingerprint density at radius 2 is 1.59 bits per heavy atom. The lowest BCUT2D eigenvalue weighted by molar-refractivity contribution is -0.167. The maximum absolute atomic E-state index is 11.3. The number of esters is 1. The van der Waals surface area contributed by atoms with Gasteiger partial charge in [0.2, 0.25) is 0 Å².